The Hall–Kier alpha value is -1.69. The molecular weight excluding hydrogens is 306 g/mol. The SMILES string of the molecule is CCC1CN(C(=NC)NCCc2c[nH]c3ncccc23)CCS1. The minimum Gasteiger partial charge on any atom is -0.356 e. The largest absolute Gasteiger partial charge is 0.356 e. The molecule has 23 heavy (non-hydrogen) atoms. The van der Waals surface area contributed by atoms with E-state index in [1.165, 1.54) is 23.1 Å². The van der Waals surface area contributed by atoms with Gasteiger partial charge in [-0.3, -0.25) is 4.99 Å². The standard InChI is InChI=1S/C17H25N5S/c1-3-14-12-22(9-10-23-14)17(18-2)20-8-6-13-11-21-16-15(13)5-4-7-19-16/h4-5,7,11,14H,3,6,8-10,12H2,1-2H3,(H,18,20)(H,19,21). The first-order valence-corrected chi connectivity index (χ1v) is 9.35. The molecule has 1 atom stereocenters. The molecule has 0 radical (unpaired) electrons. The second-order valence-corrected chi connectivity index (χ2v) is 7.19. The number of thioether (sulfide) groups is 1. The summed E-state index contributed by atoms with van der Waals surface area (Å²) in [7, 11) is 1.88. The van der Waals surface area contributed by atoms with E-state index in [0.29, 0.717) is 0 Å². The van der Waals surface area contributed by atoms with Crippen LogP contribution in [0.25, 0.3) is 11.0 Å². The zero-order chi connectivity index (χ0) is 16.1. The summed E-state index contributed by atoms with van der Waals surface area (Å²) in [5.41, 5.74) is 2.27. The number of hydrogen-bond acceptors (Lipinski definition) is 3. The van der Waals surface area contributed by atoms with E-state index in [4.69, 9.17) is 0 Å². The van der Waals surface area contributed by atoms with E-state index in [0.717, 1.165) is 42.9 Å². The van der Waals surface area contributed by atoms with Gasteiger partial charge in [-0.15, -0.1) is 0 Å². The summed E-state index contributed by atoms with van der Waals surface area (Å²) in [4.78, 5) is 14.4. The van der Waals surface area contributed by atoms with E-state index in [-0.39, 0.29) is 0 Å². The van der Waals surface area contributed by atoms with Gasteiger partial charge in [0.25, 0.3) is 0 Å². The number of guanidine groups is 1. The molecule has 1 fully saturated rings. The molecule has 2 aromatic heterocycles. The quantitative estimate of drug-likeness (QED) is 0.668. The third-order valence-electron chi connectivity index (χ3n) is 4.32. The minimum absolute atomic E-state index is 0.724. The highest BCUT2D eigenvalue weighted by atomic mass is 32.2. The maximum Gasteiger partial charge on any atom is 0.193 e. The molecule has 0 spiro atoms. The number of aliphatic imine (C=N–C) groups is 1. The van der Waals surface area contributed by atoms with E-state index in [1.54, 1.807) is 0 Å². The molecule has 2 N–H and O–H groups in total. The normalized spacial score (nSPS) is 19.3. The van der Waals surface area contributed by atoms with Crippen LogP contribution in [-0.2, 0) is 6.42 Å². The lowest BCUT2D eigenvalue weighted by Gasteiger charge is -2.34. The Kier molecular flexibility index (Phi) is 5.43. The van der Waals surface area contributed by atoms with Crippen LogP contribution in [0.2, 0.25) is 0 Å². The van der Waals surface area contributed by atoms with Crippen molar-refractivity contribution in [1.29, 1.82) is 0 Å². The molecule has 0 amide bonds. The highest BCUT2D eigenvalue weighted by molar-refractivity contribution is 8.00. The average Bonchev–Trinajstić information content (AvgIpc) is 3.02. The van der Waals surface area contributed by atoms with Gasteiger partial charge in [-0.25, -0.2) is 4.98 Å². The predicted octanol–water partition coefficient (Wildman–Crippen LogP) is 2.51. The first kappa shape index (κ1) is 16.2. The van der Waals surface area contributed by atoms with Crippen LogP contribution in [0.4, 0.5) is 0 Å². The Morgan fingerprint density at radius 3 is 3.30 bits per heavy atom. The number of fused-ring (bicyclic) bond motifs is 1. The van der Waals surface area contributed by atoms with Gasteiger partial charge in [0, 0.05) is 55.5 Å². The molecule has 1 unspecified atom stereocenters. The third-order valence-corrected chi connectivity index (χ3v) is 5.69. The molecular formula is C17H25N5S. The van der Waals surface area contributed by atoms with Crippen molar-refractivity contribution in [1.82, 2.24) is 20.2 Å². The summed E-state index contributed by atoms with van der Waals surface area (Å²) >= 11 is 2.08. The van der Waals surface area contributed by atoms with Gasteiger partial charge in [0.15, 0.2) is 5.96 Å². The summed E-state index contributed by atoms with van der Waals surface area (Å²) in [5, 5.41) is 5.46. The van der Waals surface area contributed by atoms with Crippen molar-refractivity contribution in [2.45, 2.75) is 25.0 Å². The monoisotopic (exact) mass is 331 g/mol. The molecule has 0 aromatic carbocycles. The molecule has 3 heterocycles. The van der Waals surface area contributed by atoms with Crippen molar-refractivity contribution in [3.8, 4) is 0 Å². The van der Waals surface area contributed by atoms with Gasteiger partial charge in [0.1, 0.15) is 5.65 Å². The second kappa shape index (κ2) is 7.73. The van der Waals surface area contributed by atoms with Crippen LogP contribution in [0, 0.1) is 0 Å². The van der Waals surface area contributed by atoms with E-state index in [9.17, 15) is 0 Å². The fraction of sp³-hybridized carbons (Fsp3) is 0.529. The van der Waals surface area contributed by atoms with Crippen molar-refractivity contribution >= 4 is 28.8 Å². The zero-order valence-corrected chi connectivity index (χ0v) is 14.7. The Morgan fingerprint density at radius 1 is 1.57 bits per heavy atom. The highest BCUT2D eigenvalue weighted by Gasteiger charge is 2.21. The van der Waals surface area contributed by atoms with Crippen molar-refractivity contribution in [2.24, 2.45) is 4.99 Å². The number of pyridine rings is 1. The van der Waals surface area contributed by atoms with Crippen molar-refractivity contribution in [2.75, 3.05) is 32.4 Å². The van der Waals surface area contributed by atoms with Crippen molar-refractivity contribution in [3.63, 3.8) is 0 Å². The van der Waals surface area contributed by atoms with Gasteiger partial charge in [-0.05, 0) is 30.5 Å². The third kappa shape index (κ3) is 3.80. The Labute approximate surface area is 142 Å². The summed E-state index contributed by atoms with van der Waals surface area (Å²) in [6.45, 7) is 5.33. The van der Waals surface area contributed by atoms with E-state index < -0.39 is 0 Å². The lowest BCUT2D eigenvalue weighted by molar-refractivity contribution is 0.408. The smallest absolute Gasteiger partial charge is 0.193 e. The van der Waals surface area contributed by atoms with Gasteiger partial charge >= 0.3 is 0 Å². The van der Waals surface area contributed by atoms with Gasteiger partial charge in [-0.2, -0.15) is 11.8 Å². The molecule has 6 heteroatoms. The van der Waals surface area contributed by atoms with Crippen LogP contribution < -0.4 is 5.32 Å². The molecule has 2 aromatic rings. The molecule has 124 valence electrons. The Bertz CT molecular complexity index is 666. The number of aromatic nitrogens is 2. The number of nitrogens with one attached hydrogen (secondary N) is 2. The lowest BCUT2D eigenvalue weighted by atomic mass is 10.1. The Balaban J connectivity index is 1.56. The molecule has 1 aliphatic heterocycles. The summed E-state index contributed by atoms with van der Waals surface area (Å²) < 4.78 is 0. The van der Waals surface area contributed by atoms with Crippen LogP contribution in [0.5, 0.6) is 0 Å². The summed E-state index contributed by atoms with van der Waals surface area (Å²) in [5.74, 6) is 2.22. The summed E-state index contributed by atoms with van der Waals surface area (Å²) in [6, 6.07) is 4.11. The Morgan fingerprint density at radius 2 is 2.48 bits per heavy atom. The zero-order valence-electron chi connectivity index (χ0n) is 13.9. The number of hydrogen-bond donors (Lipinski definition) is 2. The van der Waals surface area contributed by atoms with Gasteiger partial charge in [0.05, 0.1) is 0 Å². The molecule has 0 aliphatic carbocycles. The van der Waals surface area contributed by atoms with E-state index in [1.807, 2.05) is 19.3 Å². The maximum atomic E-state index is 4.46. The molecule has 1 aliphatic rings. The van der Waals surface area contributed by atoms with Gasteiger partial charge in [0.2, 0.25) is 0 Å². The van der Waals surface area contributed by atoms with Crippen LogP contribution in [0.15, 0.2) is 29.5 Å². The van der Waals surface area contributed by atoms with Crippen LogP contribution >= 0.6 is 11.8 Å². The fourth-order valence-corrected chi connectivity index (χ4v) is 4.20. The molecule has 1 saturated heterocycles. The van der Waals surface area contributed by atoms with Crippen LogP contribution in [0.1, 0.15) is 18.9 Å². The number of aromatic amines is 1. The molecule has 3 rings (SSSR count). The van der Waals surface area contributed by atoms with E-state index in [2.05, 4.69) is 56.1 Å². The second-order valence-electron chi connectivity index (χ2n) is 5.78. The lowest BCUT2D eigenvalue weighted by Crippen LogP contribution is -2.48. The van der Waals surface area contributed by atoms with Crippen molar-refractivity contribution in [3.05, 3.63) is 30.1 Å². The molecule has 0 saturated carbocycles. The first-order chi connectivity index (χ1) is 11.3. The molecule has 5 nitrogen and oxygen atoms in total. The van der Waals surface area contributed by atoms with E-state index >= 15 is 0 Å². The summed E-state index contributed by atoms with van der Waals surface area (Å²) in [6.07, 6.45) is 6.07. The van der Waals surface area contributed by atoms with Gasteiger partial charge in [-0.1, -0.05) is 6.92 Å². The predicted molar refractivity (Wildman–Crippen MR) is 99.3 cm³/mol. The topological polar surface area (TPSA) is 56.3 Å². The minimum atomic E-state index is 0.724. The number of rotatable bonds is 4. The fourth-order valence-electron chi connectivity index (χ4n) is 3.02. The van der Waals surface area contributed by atoms with Crippen LogP contribution in [0.3, 0.4) is 0 Å². The first-order valence-electron chi connectivity index (χ1n) is 8.30. The average molecular weight is 331 g/mol. The van der Waals surface area contributed by atoms with Gasteiger partial charge < -0.3 is 15.2 Å². The van der Waals surface area contributed by atoms with Crippen molar-refractivity contribution < 1.29 is 0 Å². The molecule has 0 bridgehead atoms. The number of H-pyrrole nitrogens is 1. The number of nitrogens with zero attached hydrogens (tertiary/aromatic N) is 3. The highest BCUT2D eigenvalue weighted by Crippen LogP contribution is 2.21. The maximum absolute atomic E-state index is 4.46. The van der Waals surface area contributed by atoms with Crippen LogP contribution in [-0.4, -0.2) is 58.5 Å².